The Kier molecular flexibility index (Phi) is 3.65. The van der Waals surface area contributed by atoms with E-state index in [4.69, 9.17) is 10.5 Å². The van der Waals surface area contributed by atoms with Crippen LogP contribution in [-0.4, -0.2) is 11.6 Å². The molecule has 1 aromatic heterocycles. The molecule has 1 aromatic rings. The number of nitrogens with two attached hydrogens (primary N) is 1. The number of aromatic nitrogens is 1. The molecular formula is C8H14N2OS. The van der Waals surface area contributed by atoms with Crippen LogP contribution in [0.4, 0.5) is 0 Å². The Bertz CT molecular complexity index is 237. The predicted molar refractivity (Wildman–Crippen MR) is 50.0 cm³/mol. The average Bonchev–Trinajstić information content (AvgIpc) is 2.52. The highest BCUT2D eigenvalue weighted by atomic mass is 32.1. The standard InChI is InChI=1S/C8H14N2OS/c1-3-11-6(2)8-10-7(4-9)5-12-8/h5-6H,3-4,9H2,1-2H3. The number of nitrogens with zero attached hydrogens (tertiary/aromatic N) is 1. The summed E-state index contributed by atoms with van der Waals surface area (Å²) in [5.41, 5.74) is 6.39. The van der Waals surface area contributed by atoms with Gasteiger partial charge in [0.15, 0.2) is 0 Å². The van der Waals surface area contributed by atoms with Crippen molar-refractivity contribution in [1.82, 2.24) is 4.98 Å². The van der Waals surface area contributed by atoms with E-state index in [-0.39, 0.29) is 6.10 Å². The minimum atomic E-state index is 0.0975. The zero-order chi connectivity index (χ0) is 8.97. The largest absolute Gasteiger partial charge is 0.372 e. The van der Waals surface area contributed by atoms with Crippen LogP contribution in [0.15, 0.2) is 5.38 Å². The fourth-order valence-corrected chi connectivity index (χ4v) is 1.76. The second-order valence-electron chi connectivity index (χ2n) is 2.48. The molecule has 12 heavy (non-hydrogen) atoms. The normalized spacial score (nSPS) is 13.2. The van der Waals surface area contributed by atoms with Crippen LogP contribution in [0.2, 0.25) is 0 Å². The Morgan fingerprint density at radius 2 is 2.50 bits per heavy atom. The molecule has 3 nitrogen and oxygen atoms in total. The SMILES string of the molecule is CCOC(C)c1nc(CN)cs1. The summed E-state index contributed by atoms with van der Waals surface area (Å²) in [7, 11) is 0. The lowest BCUT2D eigenvalue weighted by Gasteiger charge is -2.06. The molecule has 0 aromatic carbocycles. The van der Waals surface area contributed by atoms with Gasteiger partial charge in [-0.3, -0.25) is 0 Å². The van der Waals surface area contributed by atoms with Crippen LogP contribution < -0.4 is 5.73 Å². The molecule has 1 heterocycles. The van der Waals surface area contributed by atoms with Gasteiger partial charge in [-0.1, -0.05) is 0 Å². The molecule has 68 valence electrons. The summed E-state index contributed by atoms with van der Waals surface area (Å²) in [6.07, 6.45) is 0.0975. The Morgan fingerprint density at radius 3 is 3.00 bits per heavy atom. The molecule has 1 rings (SSSR count). The van der Waals surface area contributed by atoms with Crippen LogP contribution in [0, 0.1) is 0 Å². The zero-order valence-electron chi connectivity index (χ0n) is 7.41. The van der Waals surface area contributed by atoms with Crippen LogP contribution >= 0.6 is 11.3 Å². The average molecular weight is 186 g/mol. The fourth-order valence-electron chi connectivity index (χ4n) is 0.924. The van der Waals surface area contributed by atoms with Crippen molar-refractivity contribution in [2.75, 3.05) is 6.61 Å². The van der Waals surface area contributed by atoms with E-state index < -0.39 is 0 Å². The highest BCUT2D eigenvalue weighted by Gasteiger charge is 2.08. The second kappa shape index (κ2) is 4.54. The van der Waals surface area contributed by atoms with Gasteiger partial charge in [0.05, 0.1) is 5.69 Å². The van der Waals surface area contributed by atoms with Gasteiger partial charge in [-0.25, -0.2) is 4.98 Å². The lowest BCUT2D eigenvalue weighted by Crippen LogP contribution is -2.01. The van der Waals surface area contributed by atoms with Crippen molar-refractivity contribution in [3.8, 4) is 0 Å². The third-order valence-corrected chi connectivity index (χ3v) is 2.60. The van der Waals surface area contributed by atoms with Crippen molar-refractivity contribution >= 4 is 11.3 Å². The van der Waals surface area contributed by atoms with E-state index in [0.717, 1.165) is 17.3 Å². The molecule has 0 fully saturated rings. The fraction of sp³-hybridized carbons (Fsp3) is 0.625. The summed E-state index contributed by atoms with van der Waals surface area (Å²) in [5.74, 6) is 0. The molecule has 0 spiro atoms. The number of hydrogen-bond acceptors (Lipinski definition) is 4. The van der Waals surface area contributed by atoms with E-state index in [0.29, 0.717) is 6.54 Å². The lowest BCUT2D eigenvalue weighted by atomic mass is 10.4. The third kappa shape index (κ3) is 2.27. The Hall–Kier alpha value is -0.450. The van der Waals surface area contributed by atoms with Crippen LogP contribution in [0.25, 0.3) is 0 Å². The number of hydrogen-bond donors (Lipinski definition) is 1. The van der Waals surface area contributed by atoms with Crippen molar-refractivity contribution in [2.24, 2.45) is 5.73 Å². The van der Waals surface area contributed by atoms with Gasteiger partial charge < -0.3 is 10.5 Å². The summed E-state index contributed by atoms with van der Waals surface area (Å²) >= 11 is 1.61. The molecule has 0 saturated heterocycles. The van der Waals surface area contributed by atoms with Gasteiger partial charge >= 0.3 is 0 Å². The summed E-state index contributed by atoms with van der Waals surface area (Å²) in [6, 6.07) is 0. The first-order valence-electron chi connectivity index (χ1n) is 4.04. The molecule has 0 amide bonds. The van der Waals surface area contributed by atoms with Gasteiger partial charge in [-0.15, -0.1) is 11.3 Å². The predicted octanol–water partition coefficient (Wildman–Crippen LogP) is 1.70. The first-order valence-corrected chi connectivity index (χ1v) is 4.91. The molecule has 0 aliphatic rings. The van der Waals surface area contributed by atoms with E-state index >= 15 is 0 Å². The molecule has 4 heteroatoms. The molecule has 0 bridgehead atoms. The minimum absolute atomic E-state index is 0.0975. The van der Waals surface area contributed by atoms with Crippen molar-refractivity contribution in [3.63, 3.8) is 0 Å². The number of rotatable bonds is 4. The van der Waals surface area contributed by atoms with Gasteiger partial charge in [0.1, 0.15) is 11.1 Å². The topological polar surface area (TPSA) is 48.1 Å². The van der Waals surface area contributed by atoms with E-state index in [1.165, 1.54) is 0 Å². The van der Waals surface area contributed by atoms with Crippen molar-refractivity contribution in [1.29, 1.82) is 0 Å². The van der Waals surface area contributed by atoms with E-state index in [1.54, 1.807) is 11.3 Å². The van der Waals surface area contributed by atoms with Gasteiger partial charge in [-0.2, -0.15) is 0 Å². The molecule has 1 atom stereocenters. The molecule has 0 aliphatic carbocycles. The number of thiazole rings is 1. The monoisotopic (exact) mass is 186 g/mol. The second-order valence-corrected chi connectivity index (χ2v) is 3.37. The van der Waals surface area contributed by atoms with Crippen LogP contribution in [0.3, 0.4) is 0 Å². The maximum absolute atomic E-state index is 5.44. The van der Waals surface area contributed by atoms with Crippen LogP contribution in [-0.2, 0) is 11.3 Å². The van der Waals surface area contributed by atoms with Gasteiger partial charge in [-0.05, 0) is 13.8 Å². The van der Waals surface area contributed by atoms with E-state index in [2.05, 4.69) is 4.98 Å². The zero-order valence-corrected chi connectivity index (χ0v) is 8.23. The Balaban J connectivity index is 2.61. The van der Waals surface area contributed by atoms with Gasteiger partial charge in [0, 0.05) is 18.5 Å². The first-order chi connectivity index (χ1) is 5.77. The smallest absolute Gasteiger partial charge is 0.122 e. The Morgan fingerprint density at radius 1 is 1.75 bits per heavy atom. The number of ether oxygens (including phenoxy) is 1. The maximum atomic E-state index is 5.44. The Labute approximate surface area is 76.6 Å². The highest BCUT2D eigenvalue weighted by molar-refractivity contribution is 7.09. The molecular weight excluding hydrogens is 172 g/mol. The molecule has 0 saturated carbocycles. The van der Waals surface area contributed by atoms with Gasteiger partial charge in [0.2, 0.25) is 0 Å². The van der Waals surface area contributed by atoms with Gasteiger partial charge in [0.25, 0.3) is 0 Å². The van der Waals surface area contributed by atoms with Crippen molar-refractivity contribution in [2.45, 2.75) is 26.5 Å². The van der Waals surface area contributed by atoms with Crippen molar-refractivity contribution in [3.05, 3.63) is 16.1 Å². The highest BCUT2D eigenvalue weighted by Crippen LogP contribution is 2.20. The van der Waals surface area contributed by atoms with Crippen LogP contribution in [0.5, 0.6) is 0 Å². The van der Waals surface area contributed by atoms with Crippen molar-refractivity contribution < 1.29 is 4.74 Å². The third-order valence-electron chi connectivity index (χ3n) is 1.54. The molecule has 2 N–H and O–H groups in total. The lowest BCUT2D eigenvalue weighted by molar-refractivity contribution is 0.0761. The summed E-state index contributed by atoms with van der Waals surface area (Å²) in [5, 5.41) is 2.99. The molecule has 0 radical (unpaired) electrons. The molecule has 0 aliphatic heterocycles. The maximum Gasteiger partial charge on any atom is 0.122 e. The minimum Gasteiger partial charge on any atom is -0.372 e. The summed E-state index contributed by atoms with van der Waals surface area (Å²) in [4.78, 5) is 4.32. The molecule has 1 unspecified atom stereocenters. The summed E-state index contributed by atoms with van der Waals surface area (Å²) < 4.78 is 5.39. The van der Waals surface area contributed by atoms with E-state index in [1.807, 2.05) is 19.2 Å². The van der Waals surface area contributed by atoms with Crippen LogP contribution in [0.1, 0.15) is 30.7 Å². The first kappa shape index (κ1) is 9.64. The quantitative estimate of drug-likeness (QED) is 0.778. The van der Waals surface area contributed by atoms with E-state index in [9.17, 15) is 0 Å². The summed E-state index contributed by atoms with van der Waals surface area (Å²) in [6.45, 7) is 5.21.